The lowest BCUT2D eigenvalue weighted by Gasteiger charge is -2.08. The Morgan fingerprint density at radius 2 is 2.32 bits per heavy atom. The minimum atomic E-state index is -0.307. The molecular formula is C12H12BrN3O2S. The topological polar surface area (TPSA) is 63.1 Å². The van der Waals surface area contributed by atoms with E-state index in [1.165, 1.54) is 4.57 Å². The molecule has 2 aromatic heterocycles. The summed E-state index contributed by atoms with van der Waals surface area (Å²) in [6.45, 7) is 0.483. The molecule has 0 radical (unpaired) electrons. The summed E-state index contributed by atoms with van der Waals surface area (Å²) < 4.78 is 1.81. The smallest absolute Gasteiger partial charge is 0.319 e. The fourth-order valence-corrected chi connectivity index (χ4v) is 2.67. The number of aromatic nitrogens is 1. The Balaban J connectivity index is 1.97. The molecule has 0 saturated carbocycles. The van der Waals surface area contributed by atoms with E-state index in [4.69, 9.17) is 0 Å². The van der Waals surface area contributed by atoms with Crippen LogP contribution in [0, 0.1) is 0 Å². The molecule has 0 aliphatic heterocycles. The quantitative estimate of drug-likeness (QED) is 0.900. The summed E-state index contributed by atoms with van der Waals surface area (Å²) in [5.74, 6) is 0. The van der Waals surface area contributed by atoms with Gasteiger partial charge < -0.3 is 15.2 Å². The zero-order chi connectivity index (χ0) is 13.8. The number of anilines is 1. The molecule has 2 aromatic rings. The van der Waals surface area contributed by atoms with Gasteiger partial charge in [-0.1, -0.05) is 6.07 Å². The van der Waals surface area contributed by atoms with Crippen LogP contribution in [0.25, 0.3) is 0 Å². The largest absolute Gasteiger partial charge is 0.333 e. The third kappa shape index (κ3) is 3.68. The fourth-order valence-electron chi connectivity index (χ4n) is 1.50. The van der Waals surface area contributed by atoms with Gasteiger partial charge in [-0.3, -0.25) is 4.79 Å². The van der Waals surface area contributed by atoms with Crippen molar-refractivity contribution in [3.05, 3.63) is 49.5 Å². The Hall–Kier alpha value is -1.60. The number of aryl methyl sites for hydroxylation is 1. The van der Waals surface area contributed by atoms with Crippen molar-refractivity contribution in [3.63, 3.8) is 0 Å². The van der Waals surface area contributed by atoms with E-state index in [-0.39, 0.29) is 11.6 Å². The van der Waals surface area contributed by atoms with Crippen LogP contribution >= 0.6 is 27.3 Å². The van der Waals surface area contributed by atoms with Gasteiger partial charge in [-0.15, -0.1) is 11.3 Å². The van der Waals surface area contributed by atoms with Crippen molar-refractivity contribution in [2.24, 2.45) is 7.05 Å². The molecule has 0 unspecified atom stereocenters. The second-order valence-corrected chi connectivity index (χ2v) is 5.77. The van der Waals surface area contributed by atoms with E-state index in [0.29, 0.717) is 16.7 Å². The Bertz CT molecular complexity index is 611. The van der Waals surface area contributed by atoms with Crippen LogP contribution in [-0.2, 0) is 13.6 Å². The molecule has 0 aliphatic carbocycles. The number of rotatable bonds is 3. The first kappa shape index (κ1) is 13.8. The highest BCUT2D eigenvalue weighted by Crippen LogP contribution is 2.11. The molecule has 0 bridgehead atoms. The lowest BCUT2D eigenvalue weighted by Crippen LogP contribution is -2.28. The number of nitrogens with one attached hydrogen (secondary N) is 2. The molecule has 19 heavy (non-hydrogen) atoms. The standard InChI is InChI=1S/C12H12BrN3O2S/c1-16-7-8(5-10(13)11(16)17)15-12(18)14-6-9-3-2-4-19-9/h2-5,7H,6H2,1H3,(H2,14,15,18). The lowest BCUT2D eigenvalue weighted by molar-refractivity contribution is 0.252. The van der Waals surface area contributed by atoms with E-state index < -0.39 is 0 Å². The SMILES string of the molecule is Cn1cc(NC(=O)NCc2cccs2)cc(Br)c1=O. The summed E-state index contributed by atoms with van der Waals surface area (Å²) in [6.07, 6.45) is 1.57. The van der Waals surface area contributed by atoms with Crippen molar-refractivity contribution >= 4 is 39.0 Å². The minimum Gasteiger partial charge on any atom is -0.333 e. The van der Waals surface area contributed by atoms with Gasteiger partial charge in [0.25, 0.3) is 5.56 Å². The summed E-state index contributed by atoms with van der Waals surface area (Å²) in [6, 6.07) is 5.16. The number of carbonyl (C=O) groups excluding carboxylic acids is 1. The van der Waals surface area contributed by atoms with E-state index >= 15 is 0 Å². The third-order valence-corrected chi connectivity index (χ3v) is 3.85. The molecule has 0 aliphatic rings. The third-order valence-electron chi connectivity index (χ3n) is 2.40. The van der Waals surface area contributed by atoms with E-state index in [2.05, 4.69) is 26.6 Å². The molecule has 2 heterocycles. The molecule has 0 spiro atoms. The number of nitrogens with zero attached hydrogens (tertiary/aromatic N) is 1. The normalized spacial score (nSPS) is 10.2. The van der Waals surface area contributed by atoms with E-state index in [1.54, 1.807) is 30.6 Å². The predicted molar refractivity (Wildman–Crippen MR) is 79.6 cm³/mol. The minimum absolute atomic E-state index is 0.149. The van der Waals surface area contributed by atoms with Crippen LogP contribution in [0.4, 0.5) is 10.5 Å². The zero-order valence-corrected chi connectivity index (χ0v) is 12.5. The Kier molecular flexibility index (Phi) is 4.39. The van der Waals surface area contributed by atoms with Gasteiger partial charge in [0.2, 0.25) is 0 Å². The second-order valence-electron chi connectivity index (χ2n) is 3.88. The summed E-state index contributed by atoms with van der Waals surface area (Å²) in [7, 11) is 1.63. The molecule has 0 saturated heterocycles. The van der Waals surface area contributed by atoms with Gasteiger partial charge in [0.1, 0.15) is 0 Å². The maximum atomic E-state index is 11.7. The molecule has 2 N–H and O–H groups in total. The van der Waals surface area contributed by atoms with Gasteiger partial charge in [0.05, 0.1) is 16.7 Å². The summed E-state index contributed by atoms with van der Waals surface area (Å²) in [4.78, 5) is 24.3. The Morgan fingerprint density at radius 3 is 2.95 bits per heavy atom. The van der Waals surface area contributed by atoms with Gasteiger partial charge in [0, 0.05) is 18.1 Å². The van der Waals surface area contributed by atoms with Crippen molar-refractivity contribution in [1.82, 2.24) is 9.88 Å². The predicted octanol–water partition coefficient (Wildman–Crippen LogP) is 2.53. The monoisotopic (exact) mass is 341 g/mol. The van der Waals surface area contributed by atoms with Gasteiger partial charge in [-0.2, -0.15) is 0 Å². The van der Waals surface area contributed by atoms with Crippen LogP contribution in [0.15, 0.2) is 39.0 Å². The fraction of sp³-hybridized carbons (Fsp3) is 0.167. The molecule has 100 valence electrons. The van der Waals surface area contributed by atoms with Crippen LogP contribution in [0.5, 0.6) is 0 Å². The van der Waals surface area contributed by atoms with Crippen molar-refractivity contribution in [1.29, 1.82) is 0 Å². The van der Waals surface area contributed by atoms with E-state index in [9.17, 15) is 9.59 Å². The number of thiophene rings is 1. The van der Waals surface area contributed by atoms with E-state index in [0.717, 1.165) is 4.88 Å². The van der Waals surface area contributed by atoms with Crippen molar-refractivity contribution in [2.75, 3.05) is 5.32 Å². The molecule has 0 aromatic carbocycles. The average molecular weight is 342 g/mol. The maximum absolute atomic E-state index is 11.7. The maximum Gasteiger partial charge on any atom is 0.319 e. The van der Waals surface area contributed by atoms with Crippen LogP contribution in [0.2, 0.25) is 0 Å². The highest BCUT2D eigenvalue weighted by molar-refractivity contribution is 9.10. The van der Waals surface area contributed by atoms with Gasteiger partial charge >= 0.3 is 6.03 Å². The Labute approximate surface area is 122 Å². The molecule has 5 nitrogen and oxygen atoms in total. The van der Waals surface area contributed by atoms with Crippen LogP contribution < -0.4 is 16.2 Å². The van der Waals surface area contributed by atoms with Gasteiger partial charge in [-0.05, 0) is 33.4 Å². The first-order chi connectivity index (χ1) is 9.06. The number of carbonyl (C=O) groups is 1. The first-order valence-corrected chi connectivity index (χ1v) is 7.17. The first-order valence-electron chi connectivity index (χ1n) is 5.49. The summed E-state index contributed by atoms with van der Waals surface area (Å²) >= 11 is 4.74. The average Bonchev–Trinajstić information content (AvgIpc) is 2.86. The van der Waals surface area contributed by atoms with Gasteiger partial charge in [0.15, 0.2) is 0 Å². The van der Waals surface area contributed by atoms with Crippen LogP contribution in [-0.4, -0.2) is 10.6 Å². The molecule has 2 amide bonds. The summed E-state index contributed by atoms with van der Waals surface area (Å²) in [5, 5.41) is 7.38. The highest BCUT2D eigenvalue weighted by Gasteiger charge is 2.05. The van der Waals surface area contributed by atoms with Crippen molar-refractivity contribution in [3.8, 4) is 0 Å². The number of halogens is 1. The molecule has 0 fully saturated rings. The van der Waals surface area contributed by atoms with Gasteiger partial charge in [-0.25, -0.2) is 4.79 Å². The van der Waals surface area contributed by atoms with E-state index in [1.807, 2.05) is 17.5 Å². The van der Waals surface area contributed by atoms with Crippen LogP contribution in [0.1, 0.15) is 4.88 Å². The van der Waals surface area contributed by atoms with Crippen molar-refractivity contribution < 1.29 is 4.79 Å². The second kappa shape index (κ2) is 6.03. The molecule has 0 atom stereocenters. The lowest BCUT2D eigenvalue weighted by atomic mass is 10.4. The number of urea groups is 1. The number of amides is 2. The number of hydrogen-bond donors (Lipinski definition) is 2. The highest BCUT2D eigenvalue weighted by atomic mass is 79.9. The summed E-state index contributed by atoms with van der Waals surface area (Å²) in [5.41, 5.74) is 0.405. The zero-order valence-electron chi connectivity index (χ0n) is 10.1. The Morgan fingerprint density at radius 1 is 1.53 bits per heavy atom. The number of pyridine rings is 1. The molecule has 7 heteroatoms. The van der Waals surface area contributed by atoms with Crippen molar-refractivity contribution in [2.45, 2.75) is 6.54 Å². The molecule has 2 rings (SSSR count). The number of hydrogen-bond acceptors (Lipinski definition) is 3. The van der Waals surface area contributed by atoms with Crippen LogP contribution in [0.3, 0.4) is 0 Å². The molecular weight excluding hydrogens is 330 g/mol.